The molecular formula is C22H17Cl2NO5. The van der Waals surface area contributed by atoms with Gasteiger partial charge in [0, 0.05) is 27.0 Å². The molecule has 8 heteroatoms. The molecule has 0 unspecified atom stereocenters. The Morgan fingerprint density at radius 1 is 0.933 bits per heavy atom. The number of amides is 1. The second kappa shape index (κ2) is 8.73. The first kappa shape index (κ1) is 21.6. The van der Waals surface area contributed by atoms with Gasteiger partial charge in [0.15, 0.2) is 0 Å². The summed E-state index contributed by atoms with van der Waals surface area (Å²) < 4.78 is 9.58. The molecule has 0 bridgehead atoms. The quantitative estimate of drug-likeness (QED) is 0.505. The number of hydrogen-bond acceptors (Lipinski definition) is 5. The van der Waals surface area contributed by atoms with Crippen LogP contribution in [-0.2, 0) is 19.1 Å². The van der Waals surface area contributed by atoms with Gasteiger partial charge in [0.25, 0.3) is 5.91 Å². The number of halogens is 2. The van der Waals surface area contributed by atoms with Crippen molar-refractivity contribution >= 4 is 52.8 Å². The topological polar surface area (TPSA) is 72.9 Å². The number of anilines is 1. The average molecular weight is 446 g/mol. The maximum Gasteiger partial charge on any atom is 0.340 e. The summed E-state index contributed by atoms with van der Waals surface area (Å²) in [5.41, 5.74) is 1.82. The second-order valence-corrected chi connectivity index (χ2v) is 7.14. The normalized spacial score (nSPS) is 15.0. The maximum atomic E-state index is 13.3. The molecule has 0 atom stereocenters. The smallest absolute Gasteiger partial charge is 0.340 e. The standard InChI is InChI=1S/C22H17Cl2NO5/c1-12-19(22(28)30-3)16(11-15-17(23)5-4-6-18(15)24)20(26)25(12)14-9-7-13(8-10-14)21(27)29-2/h4-11H,1-3H3/b16-11-. The monoisotopic (exact) mass is 445 g/mol. The van der Waals surface area contributed by atoms with Gasteiger partial charge >= 0.3 is 11.9 Å². The summed E-state index contributed by atoms with van der Waals surface area (Å²) in [5, 5.41) is 0.677. The number of benzene rings is 2. The highest BCUT2D eigenvalue weighted by atomic mass is 35.5. The van der Waals surface area contributed by atoms with Gasteiger partial charge < -0.3 is 9.47 Å². The molecule has 2 aromatic rings. The van der Waals surface area contributed by atoms with Crippen molar-refractivity contribution in [1.29, 1.82) is 0 Å². The molecule has 6 nitrogen and oxygen atoms in total. The summed E-state index contributed by atoms with van der Waals surface area (Å²) in [6.07, 6.45) is 1.48. The molecule has 0 N–H and O–H groups in total. The Labute approximate surface area is 183 Å². The van der Waals surface area contributed by atoms with Gasteiger partial charge in [0.2, 0.25) is 0 Å². The Bertz CT molecular complexity index is 1080. The number of methoxy groups -OCH3 is 2. The van der Waals surface area contributed by atoms with E-state index in [2.05, 4.69) is 4.74 Å². The zero-order valence-corrected chi connectivity index (χ0v) is 17.9. The molecule has 1 aliphatic rings. The minimum absolute atomic E-state index is 0.103. The summed E-state index contributed by atoms with van der Waals surface area (Å²) in [6.45, 7) is 1.63. The number of nitrogens with zero attached hydrogens (tertiary/aromatic N) is 1. The zero-order chi connectivity index (χ0) is 22.0. The van der Waals surface area contributed by atoms with Crippen LogP contribution in [-0.4, -0.2) is 32.1 Å². The van der Waals surface area contributed by atoms with Crippen LogP contribution in [0.4, 0.5) is 5.69 Å². The third kappa shape index (κ3) is 3.84. The Hall–Kier alpha value is -3.09. The van der Waals surface area contributed by atoms with Crippen molar-refractivity contribution in [3.05, 3.63) is 80.5 Å². The van der Waals surface area contributed by atoms with Crippen LogP contribution in [0.2, 0.25) is 10.0 Å². The lowest BCUT2D eigenvalue weighted by Gasteiger charge is -2.18. The van der Waals surface area contributed by atoms with Crippen molar-refractivity contribution in [2.45, 2.75) is 6.92 Å². The lowest BCUT2D eigenvalue weighted by molar-refractivity contribution is -0.136. The molecule has 2 aromatic carbocycles. The summed E-state index contributed by atoms with van der Waals surface area (Å²) >= 11 is 12.5. The molecule has 30 heavy (non-hydrogen) atoms. The lowest BCUT2D eigenvalue weighted by Crippen LogP contribution is -2.24. The summed E-state index contributed by atoms with van der Waals surface area (Å²) in [4.78, 5) is 38.8. The van der Waals surface area contributed by atoms with Crippen molar-refractivity contribution in [3.63, 3.8) is 0 Å². The van der Waals surface area contributed by atoms with E-state index in [0.29, 0.717) is 32.6 Å². The highest BCUT2D eigenvalue weighted by Gasteiger charge is 2.38. The molecule has 0 radical (unpaired) electrons. The highest BCUT2D eigenvalue weighted by Crippen LogP contribution is 2.37. The van der Waals surface area contributed by atoms with E-state index >= 15 is 0 Å². The fourth-order valence-corrected chi connectivity index (χ4v) is 3.65. The second-order valence-electron chi connectivity index (χ2n) is 6.32. The van der Waals surface area contributed by atoms with Gasteiger partial charge in [-0.15, -0.1) is 0 Å². The predicted octanol–water partition coefficient (Wildman–Crippen LogP) is 4.66. The van der Waals surface area contributed by atoms with Crippen molar-refractivity contribution in [1.82, 2.24) is 0 Å². The van der Waals surface area contributed by atoms with E-state index in [1.54, 1.807) is 37.3 Å². The van der Waals surface area contributed by atoms with Crippen LogP contribution in [0.5, 0.6) is 0 Å². The molecule has 0 fully saturated rings. The third-order valence-electron chi connectivity index (χ3n) is 4.62. The Balaban J connectivity index is 2.13. The molecule has 154 valence electrons. The van der Waals surface area contributed by atoms with Gasteiger partial charge in [-0.2, -0.15) is 0 Å². The van der Waals surface area contributed by atoms with Crippen LogP contribution in [0, 0.1) is 0 Å². The molecule has 0 saturated heterocycles. The van der Waals surface area contributed by atoms with Crippen LogP contribution < -0.4 is 4.90 Å². The molecule has 1 amide bonds. The molecule has 0 saturated carbocycles. The van der Waals surface area contributed by atoms with Crippen molar-refractivity contribution in [2.75, 3.05) is 19.1 Å². The Morgan fingerprint density at radius 2 is 1.50 bits per heavy atom. The first-order valence-electron chi connectivity index (χ1n) is 8.78. The maximum absolute atomic E-state index is 13.3. The van der Waals surface area contributed by atoms with Gasteiger partial charge in [-0.25, -0.2) is 9.59 Å². The minimum Gasteiger partial charge on any atom is -0.465 e. The Morgan fingerprint density at radius 3 is 2.03 bits per heavy atom. The predicted molar refractivity (Wildman–Crippen MR) is 114 cm³/mol. The van der Waals surface area contributed by atoms with E-state index in [4.69, 9.17) is 27.9 Å². The molecule has 0 aliphatic carbocycles. The lowest BCUT2D eigenvalue weighted by atomic mass is 10.0. The van der Waals surface area contributed by atoms with Gasteiger partial charge in [-0.05, 0) is 49.4 Å². The van der Waals surface area contributed by atoms with E-state index in [-0.39, 0.29) is 11.1 Å². The summed E-state index contributed by atoms with van der Waals surface area (Å²) in [7, 11) is 2.52. The molecule has 0 spiro atoms. The summed E-state index contributed by atoms with van der Waals surface area (Å²) in [5.74, 6) is -1.61. The van der Waals surface area contributed by atoms with Crippen molar-refractivity contribution in [3.8, 4) is 0 Å². The number of allylic oxidation sites excluding steroid dienone is 1. The van der Waals surface area contributed by atoms with E-state index in [1.165, 1.54) is 37.3 Å². The fraction of sp³-hybridized carbons (Fsp3) is 0.136. The number of carbonyl (C=O) groups is 3. The molecule has 3 rings (SSSR count). The molecule has 1 aliphatic heterocycles. The van der Waals surface area contributed by atoms with Gasteiger partial charge in [0.05, 0.1) is 30.9 Å². The van der Waals surface area contributed by atoms with Gasteiger partial charge in [-0.3, -0.25) is 9.69 Å². The first-order valence-corrected chi connectivity index (χ1v) is 9.53. The van der Waals surface area contributed by atoms with E-state index < -0.39 is 17.8 Å². The molecular weight excluding hydrogens is 429 g/mol. The van der Waals surface area contributed by atoms with E-state index in [9.17, 15) is 14.4 Å². The highest BCUT2D eigenvalue weighted by molar-refractivity contribution is 6.37. The largest absolute Gasteiger partial charge is 0.465 e. The fourth-order valence-electron chi connectivity index (χ4n) is 3.15. The van der Waals surface area contributed by atoms with Crippen molar-refractivity contribution in [2.24, 2.45) is 0 Å². The Kier molecular flexibility index (Phi) is 6.29. The zero-order valence-electron chi connectivity index (χ0n) is 16.4. The molecule has 0 aromatic heterocycles. The minimum atomic E-state index is -0.663. The number of esters is 2. The first-order chi connectivity index (χ1) is 14.3. The summed E-state index contributed by atoms with van der Waals surface area (Å²) in [6, 6.07) is 11.2. The number of hydrogen-bond donors (Lipinski definition) is 0. The number of rotatable bonds is 4. The van der Waals surface area contributed by atoms with Crippen LogP contribution in [0.3, 0.4) is 0 Å². The van der Waals surface area contributed by atoms with Crippen molar-refractivity contribution < 1.29 is 23.9 Å². The van der Waals surface area contributed by atoms with Crippen LogP contribution >= 0.6 is 23.2 Å². The van der Waals surface area contributed by atoms with Gasteiger partial charge in [0.1, 0.15) is 0 Å². The van der Waals surface area contributed by atoms with Gasteiger partial charge in [-0.1, -0.05) is 29.3 Å². The van der Waals surface area contributed by atoms with E-state index in [0.717, 1.165) is 0 Å². The molecule has 1 heterocycles. The SMILES string of the molecule is COC(=O)C1=C(C)N(c2ccc(C(=O)OC)cc2)C(=O)/C1=C\c1c(Cl)cccc1Cl. The number of ether oxygens (including phenoxy) is 2. The average Bonchev–Trinajstić information content (AvgIpc) is 2.99. The third-order valence-corrected chi connectivity index (χ3v) is 5.28. The van der Waals surface area contributed by atoms with Crippen LogP contribution in [0.25, 0.3) is 6.08 Å². The van der Waals surface area contributed by atoms with E-state index in [1.807, 2.05) is 0 Å². The number of carbonyl (C=O) groups excluding carboxylic acids is 3. The van der Waals surface area contributed by atoms with Crippen LogP contribution in [0.1, 0.15) is 22.8 Å². The van der Waals surface area contributed by atoms with Crippen LogP contribution in [0.15, 0.2) is 59.3 Å².